The molecule has 2 heterocycles. The summed E-state index contributed by atoms with van der Waals surface area (Å²) in [5.41, 5.74) is 2.08. The molecule has 1 atom stereocenters. The van der Waals surface area contributed by atoms with Crippen LogP contribution in [0.15, 0.2) is 4.79 Å². The normalized spacial score (nSPS) is 16.8. The van der Waals surface area contributed by atoms with Gasteiger partial charge < -0.3 is 10.3 Å². The minimum Gasteiger partial charge on any atom is -0.355 e. The summed E-state index contributed by atoms with van der Waals surface area (Å²) in [5.74, 6) is 1.29. The smallest absolute Gasteiger partial charge is 0.266 e. The van der Waals surface area contributed by atoms with Crippen LogP contribution in [0.1, 0.15) is 62.4 Å². The predicted octanol–water partition coefficient (Wildman–Crippen LogP) is 2.67. The fourth-order valence-electron chi connectivity index (χ4n) is 4.11. The van der Waals surface area contributed by atoms with E-state index in [9.17, 15) is 14.9 Å². The van der Waals surface area contributed by atoms with Crippen molar-refractivity contribution in [3.63, 3.8) is 0 Å². The first-order chi connectivity index (χ1) is 13.2. The summed E-state index contributed by atoms with van der Waals surface area (Å²) >= 11 is 0. The van der Waals surface area contributed by atoms with Crippen LogP contribution < -0.4 is 10.9 Å². The number of aromatic nitrogens is 1. The molecule has 1 aromatic heterocycles. The van der Waals surface area contributed by atoms with Gasteiger partial charge in [0.05, 0.1) is 0 Å². The topological polar surface area (TPSA) is 89.0 Å². The van der Waals surface area contributed by atoms with Crippen molar-refractivity contribution in [2.24, 2.45) is 11.8 Å². The minimum atomic E-state index is -0.360. The maximum absolute atomic E-state index is 12.5. The molecule has 6 nitrogen and oxygen atoms in total. The third-order valence-electron chi connectivity index (χ3n) is 6.09. The summed E-state index contributed by atoms with van der Waals surface area (Å²) in [6, 6.07) is 2.32. The zero-order valence-electron chi connectivity index (χ0n) is 17.9. The molecule has 0 spiro atoms. The van der Waals surface area contributed by atoms with E-state index in [2.05, 4.69) is 36.0 Å². The first-order valence-corrected chi connectivity index (χ1v) is 10.4. The number of carbonyl (C=O) groups is 1. The van der Waals surface area contributed by atoms with E-state index >= 15 is 0 Å². The highest BCUT2D eigenvalue weighted by molar-refractivity contribution is 5.76. The predicted molar refractivity (Wildman–Crippen MR) is 111 cm³/mol. The molecule has 154 valence electrons. The van der Waals surface area contributed by atoms with E-state index in [4.69, 9.17) is 0 Å². The average Bonchev–Trinajstić information content (AvgIpc) is 2.63. The Hall–Kier alpha value is -2.13. The maximum atomic E-state index is 12.5. The number of aryl methyl sites for hydroxylation is 1. The van der Waals surface area contributed by atoms with Gasteiger partial charge in [-0.2, -0.15) is 5.26 Å². The van der Waals surface area contributed by atoms with Gasteiger partial charge in [0, 0.05) is 24.7 Å². The van der Waals surface area contributed by atoms with Gasteiger partial charge >= 0.3 is 0 Å². The molecule has 1 aliphatic heterocycles. The van der Waals surface area contributed by atoms with Crippen molar-refractivity contribution >= 4 is 5.91 Å². The first-order valence-electron chi connectivity index (χ1n) is 10.4. The first kappa shape index (κ1) is 22.2. The molecule has 1 aliphatic rings. The SMILES string of the molecule is Cc1[nH]c(=O)c(C#N)c(C)c1CCC(=O)NC[C@@H](C(C)C)N1CCC(C)CC1. The van der Waals surface area contributed by atoms with Crippen LogP contribution in [0, 0.1) is 37.0 Å². The number of nitrogens with zero attached hydrogens (tertiary/aromatic N) is 2. The van der Waals surface area contributed by atoms with Crippen molar-refractivity contribution in [3.8, 4) is 6.07 Å². The molecule has 28 heavy (non-hydrogen) atoms. The lowest BCUT2D eigenvalue weighted by Gasteiger charge is -2.38. The Morgan fingerprint density at radius 3 is 2.54 bits per heavy atom. The number of nitrogens with one attached hydrogen (secondary N) is 2. The van der Waals surface area contributed by atoms with Crippen molar-refractivity contribution in [1.82, 2.24) is 15.2 Å². The number of rotatable bonds is 7. The summed E-state index contributed by atoms with van der Waals surface area (Å²) < 4.78 is 0. The number of amides is 1. The van der Waals surface area contributed by atoms with E-state index in [1.807, 2.05) is 13.0 Å². The molecule has 2 rings (SSSR count). The number of pyridine rings is 1. The number of piperidine rings is 1. The van der Waals surface area contributed by atoms with Crippen LogP contribution in [-0.4, -0.2) is 41.5 Å². The third-order valence-corrected chi connectivity index (χ3v) is 6.09. The van der Waals surface area contributed by atoms with Crippen molar-refractivity contribution < 1.29 is 4.79 Å². The summed E-state index contributed by atoms with van der Waals surface area (Å²) in [4.78, 5) is 29.5. The Labute approximate surface area is 168 Å². The van der Waals surface area contributed by atoms with Gasteiger partial charge in [0.2, 0.25) is 5.91 Å². The molecule has 0 radical (unpaired) electrons. The second-order valence-electron chi connectivity index (χ2n) is 8.50. The van der Waals surface area contributed by atoms with Gasteiger partial charge in [0.1, 0.15) is 11.6 Å². The van der Waals surface area contributed by atoms with E-state index in [1.165, 1.54) is 12.8 Å². The monoisotopic (exact) mass is 386 g/mol. The number of hydrogen-bond donors (Lipinski definition) is 2. The van der Waals surface area contributed by atoms with Gasteiger partial charge in [0.15, 0.2) is 0 Å². The molecule has 2 N–H and O–H groups in total. The molecule has 1 saturated heterocycles. The van der Waals surface area contributed by atoms with Gasteiger partial charge in [-0.1, -0.05) is 20.8 Å². The van der Waals surface area contributed by atoms with Crippen LogP contribution in [0.3, 0.4) is 0 Å². The molecule has 0 aliphatic carbocycles. The number of carbonyl (C=O) groups excluding carboxylic acids is 1. The summed E-state index contributed by atoms with van der Waals surface area (Å²) in [6.45, 7) is 13.2. The Bertz CT molecular complexity index is 783. The standard InChI is InChI=1S/C22H34N4O2/c1-14(2)20(26-10-8-15(3)9-11-26)13-24-21(27)7-6-18-16(4)19(12-23)22(28)25-17(18)5/h14-15,20H,6-11,13H2,1-5H3,(H,24,27)(H,25,28)/t20-/m0/s1. The molecule has 1 fully saturated rings. The molecule has 0 aromatic carbocycles. The fourth-order valence-corrected chi connectivity index (χ4v) is 4.11. The van der Waals surface area contributed by atoms with E-state index in [0.29, 0.717) is 36.9 Å². The second kappa shape index (κ2) is 9.88. The maximum Gasteiger partial charge on any atom is 0.266 e. The largest absolute Gasteiger partial charge is 0.355 e. The highest BCUT2D eigenvalue weighted by Gasteiger charge is 2.26. The molecule has 1 amide bonds. The van der Waals surface area contributed by atoms with E-state index in [0.717, 1.165) is 30.3 Å². The van der Waals surface area contributed by atoms with Crippen molar-refractivity contribution in [3.05, 3.63) is 32.7 Å². The molecular formula is C22H34N4O2. The lowest BCUT2D eigenvalue weighted by molar-refractivity contribution is -0.121. The van der Waals surface area contributed by atoms with E-state index < -0.39 is 0 Å². The van der Waals surface area contributed by atoms with Crippen LogP contribution in [0.5, 0.6) is 0 Å². The highest BCUT2D eigenvalue weighted by Crippen LogP contribution is 2.21. The van der Waals surface area contributed by atoms with Crippen LogP contribution in [0.4, 0.5) is 0 Å². The summed E-state index contributed by atoms with van der Waals surface area (Å²) in [6.07, 6.45) is 3.31. The van der Waals surface area contributed by atoms with Crippen molar-refractivity contribution in [2.45, 2.75) is 66.3 Å². The Morgan fingerprint density at radius 2 is 1.96 bits per heavy atom. The quantitative estimate of drug-likeness (QED) is 0.754. The number of aromatic amines is 1. The average molecular weight is 387 g/mol. The van der Waals surface area contributed by atoms with E-state index in [-0.39, 0.29) is 17.0 Å². The lowest BCUT2D eigenvalue weighted by atomic mass is 9.94. The van der Waals surface area contributed by atoms with Gasteiger partial charge in [-0.3, -0.25) is 14.5 Å². The number of hydrogen-bond acceptors (Lipinski definition) is 4. The molecule has 1 aromatic rings. The van der Waals surface area contributed by atoms with Crippen LogP contribution in [0.2, 0.25) is 0 Å². The molecule has 0 bridgehead atoms. The number of H-pyrrole nitrogens is 1. The molecule has 6 heteroatoms. The Balaban J connectivity index is 1.94. The summed E-state index contributed by atoms with van der Waals surface area (Å²) in [5, 5.41) is 12.3. The third kappa shape index (κ3) is 5.45. The van der Waals surface area contributed by atoms with Crippen LogP contribution in [0.25, 0.3) is 0 Å². The Kier molecular flexibility index (Phi) is 7.82. The Morgan fingerprint density at radius 1 is 1.32 bits per heavy atom. The van der Waals surface area contributed by atoms with Crippen molar-refractivity contribution in [1.29, 1.82) is 5.26 Å². The minimum absolute atomic E-state index is 0.0135. The van der Waals surface area contributed by atoms with Gasteiger partial charge in [0.25, 0.3) is 5.56 Å². The van der Waals surface area contributed by atoms with Gasteiger partial charge in [-0.05, 0) is 69.2 Å². The summed E-state index contributed by atoms with van der Waals surface area (Å²) in [7, 11) is 0. The molecule has 0 saturated carbocycles. The second-order valence-corrected chi connectivity index (χ2v) is 8.50. The van der Waals surface area contributed by atoms with Crippen LogP contribution in [-0.2, 0) is 11.2 Å². The van der Waals surface area contributed by atoms with Crippen molar-refractivity contribution in [2.75, 3.05) is 19.6 Å². The van der Waals surface area contributed by atoms with E-state index in [1.54, 1.807) is 6.92 Å². The zero-order valence-corrected chi connectivity index (χ0v) is 17.9. The number of likely N-dealkylation sites (tertiary alicyclic amines) is 1. The lowest BCUT2D eigenvalue weighted by Crippen LogP contribution is -2.49. The van der Waals surface area contributed by atoms with Gasteiger partial charge in [-0.15, -0.1) is 0 Å². The molecular weight excluding hydrogens is 352 g/mol. The fraction of sp³-hybridized carbons (Fsp3) is 0.682. The van der Waals surface area contributed by atoms with Gasteiger partial charge in [-0.25, -0.2) is 0 Å². The highest BCUT2D eigenvalue weighted by atomic mass is 16.1. The van der Waals surface area contributed by atoms with Crippen LogP contribution >= 0.6 is 0 Å². The number of nitriles is 1. The molecule has 0 unspecified atom stereocenters. The zero-order chi connectivity index (χ0) is 20.8.